The second-order valence-electron chi connectivity index (χ2n) is 5.64. The zero-order valence-electron chi connectivity index (χ0n) is 13.0. The van der Waals surface area contributed by atoms with E-state index in [1.54, 1.807) is 27.7 Å². The van der Waals surface area contributed by atoms with Crippen LogP contribution in [0.4, 0.5) is 4.79 Å². The summed E-state index contributed by atoms with van der Waals surface area (Å²) in [5, 5.41) is 2.55. The van der Waals surface area contributed by atoms with E-state index in [1.165, 1.54) is 0 Å². The van der Waals surface area contributed by atoms with Gasteiger partial charge in [0.2, 0.25) is 0 Å². The van der Waals surface area contributed by atoms with E-state index in [0.717, 1.165) is 5.56 Å². The number of nitrogens with one attached hydrogen (secondary N) is 1. The highest BCUT2D eigenvalue weighted by Crippen LogP contribution is 2.11. The van der Waals surface area contributed by atoms with Crippen molar-refractivity contribution in [3.63, 3.8) is 0 Å². The zero-order valence-corrected chi connectivity index (χ0v) is 13.0. The second-order valence-corrected chi connectivity index (χ2v) is 5.64. The van der Waals surface area contributed by atoms with E-state index in [-0.39, 0.29) is 6.61 Å². The first-order valence-corrected chi connectivity index (χ1v) is 7.02. The lowest BCUT2D eigenvalue weighted by molar-refractivity contribution is -0.157. The number of hydrogen-bond donors (Lipinski definition) is 1. The fraction of sp³-hybridized carbons (Fsp3) is 0.500. The highest BCUT2D eigenvalue weighted by atomic mass is 16.6. The molecule has 1 amide bonds. The minimum atomic E-state index is -0.773. The Morgan fingerprint density at radius 3 is 2.33 bits per heavy atom. The summed E-state index contributed by atoms with van der Waals surface area (Å²) >= 11 is 0. The molecule has 0 aliphatic heterocycles. The van der Waals surface area contributed by atoms with Crippen molar-refractivity contribution < 1.29 is 19.1 Å². The predicted molar refractivity (Wildman–Crippen MR) is 79.9 cm³/mol. The predicted octanol–water partition coefficient (Wildman–Crippen LogP) is 2.69. The third kappa shape index (κ3) is 6.79. The van der Waals surface area contributed by atoms with E-state index in [9.17, 15) is 9.59 Å². The molecular formula is C16H23NO4. The molecule has 0 unspecified atom stereocenters. The summed E-state index contributed by atoms with van der Waals surface area (Å²) in [7, 11) is 0. The van der Waals surface area contributed by atoms with Crippen molar-refractivity contribution in [3.8, 4) is 0 Å². The largest absolute Gasteiger partial charge is 0.458 e. The monoisotopic (exact) mass is 293 g/mol. The maximum absolute atomic E-state index is 12.2. The summed E-state index contributed by atoms with van der Waals surface area (Å²) in [4.78, 5) is 23.8. The molecule has 0 spiro atoms. The van der Waals surface area contributed by atoms with Gasteiger partial charge in [0.1, 0.15) is 11.6 Å². The molecule has 0 saturated carbocycles. The molecule has 5 heteroatoms. The average Bonchev–Trinajstić information content (AvgIpc) is 2.37. The van der Waals surface area contributed by atoms with Crippen molar-refractivity contribution >= 4 is 12.1 Å². The van der Waals surface area contributed by atoms with Crippen LogP contribution in [0.1, 0.15) is 33.3 Å². The number of esters is 1. The van der Waals surface area contributed by atoms with E-state index in [0.29, 0.717) is 6.42 Å². The Labute approximate surface area is 125 Å². The smallest absolute Gasteiger partial charge is 0.407 e. The Morgan fingerprint density at radius 2 is 1.81 bits per heavy atom. The Kier molecular flexibility index (Phi) is 6.21. The van der Waals surface area contributed by atoms with Crippen LogP contribution in [-0.2, 0) is 20.7 Å². The lowest BCUT2D eigenvalue weighted by Crippen LogP contribution is -2.45. The van der Waals surface area contributed by atoms with Crippen LogP contribution in [0.2, 0.25) is 0 Å². The summed E-state index contributed by atoms with van der Waals surface area (Å²) in [6.07, 6.45) is -0.265. The second kappa shape index (κ2) is 7.67. The van der Waals surface area contributed by atoms with Gasteiger partial charge in [-0.1, -0.05) is 30.3 Å². The first-order chi connectivity index (χ1) is 9.81. The van der Waals surface area contributed by atoms with Gasteiger partial charge in [-0.15, -0.1) is 0 Å². The number of amides is 1. The van der Waals surface area contributed by atoms with Crippen LogP contribution >= 0.6 is 0 Å². The molecule has 0 radical (unpaired) electrons. The van der Waals surface area contributed by atoms with Crippen molar-refractivity contribution in [2.75, 3.05) is 6.61 Å². The van der Waals surface area contributed by atoms with E-state index in [4.69, 9.17) is 9.47 Å². The lowest BCUT2D eigenvalue weighted by atomic mass is 10.1. The highest BCUT2D eigenvalue weighted by molar-refractivity contribution is 5.81. The maximum atomic E-state index is 12.2. The van der Waals surface area contributed by atoms with Crippen LogP contribution in [0.3, 0.4) is 0 Å². The van der Waals surface area contributed by atoms with Gasteiger partial charge in [0.25, 0.3) is 0 Å². The molecule has 1 aromatic carbocycles. The van der Waals surface area contributed by atoms with Gasteiger partial charge in [-0.2, -0.15) is 0 Å². The number of hydrogen-bond acceptors (Lipinski definition) is 4. The molecule has 0 fully saturated rings. The first-order valence-electron chi connectivity index (χ1n) is 7.02. The molecule has 1 aromatic rings. The molecular weight excluding hydrogens is 270 g/mol. The van der Waals surface area contributed by atoms with Gasteiger partial charge >= 0.3 is 12.1 Å². The number of rotatable bonds is 5. The Balaban J connectivity index is 2.78. The third-order valence-electron chi connectivity index (χ3n) is 2.54. The van der Waals surface area contributed by atoms with Crippen LogP contribution in [0.5, 0.6) is 0 Å². The average molecular weight is 293 g/mol. The summed E-state index contributed by atoms with van der Waals surface area (Å²) in [6.45, 7) is 7.32. The Hall–Kier alpha value is -2.04. The molecule has 5 nitrogen and oxygen atoms in total. The highest BCUT2D eigenvalue weighted by Gasteiger charge is 2.27. The minimum absolute atomic E-state index is 0.248. The van der Waals surface area contributed by atoms with E-state index in [1.807, 2.05) is 30.3 Å². The lowest BCUT2D eigenvalue weighted by Gasteiger charge is -2.24. The van der Waals surface area contributed by atoms with E-state index < -0.39 is 23.7 Å². The van der Waals surface area contributed by atoms with Crippen molar-refractivity contribution in [3.05, 3.63) is 35.9 Å². The third-order valence-corrected chi connectivity index (χ3v) is 2.54. The first kappa shape index (κ1) is 17.0. The van der Waals surface area contributed by atoms with Crippen molar-refractivity contribution in [2.45, 2.75) is 45.8 Å². The van der Waals surface area contributed by atoms with Crippen molar-refractivity contribution in [2.24, 2.45) is 0 Å². The van der Waals surface area contributed by atoms with Gasteiger partial charge in [0, 0.05) is 6.42 Å². The van der Waals surface area contributed by atoms with E-state index in [2.05, 4.69) is 5.32 Å². The van der Waals surface area contributed by atoms with Gasteiger partial charge in [-0.05, 0) is 33.3 Å². The van der Waals surface area contributed by atoms with Crippen LogP contribution in [-0.4, -0.2) is 30.3 Å². The number of carbonyl (C=O) groups is 2. The van der Waals surface area contributed by atoms with Crippen LogP contribution in [0, 0.1) is 0 Å². The molecule has 0 aliphatic carbocycles. The van der Waals surface area contributed by atoms with Gasteiger partial charge in [0.05, 0.1) is 6.61 Å². The number of alkyl carbamates (subject to hydrolysis) is 1. The van der Waals surface area contributed by atoms with E-state index >= 15 is 0 Å². The van der Waals surface area contributed by atoms with Crippen LogP contribution in [0.25, 0.3) is 0 Å². The quantitative estimate of drug-likeness (QED) is 0.848. The minimum Gasteiger partial charge on any atom is -0.458 e. The molecule has 0 bridgehead atoms. The molecule has 0 saturated heterocycles. The summed E-state index contributed by atoms with van der Waals surface area (Å²) in [5.41, 5.74) is 0.327. The fourth-order valence-electron chi connectivity index (χ4n) is 1.73. The van der Waals surface area contributed by atoms with Crippen molar-refractivity contribution in [1.29, 1.82) is 0 Å². The molecule has 1 rings (SSSR count). The molecule has 1 N–H and O–H groups in total. The fourth-order valence-corrected chi connectivity index (χ4v) is 1.73. The summed E-state index contributed by atoms with van der Waals surface area (Å²) in [5.74, 6) is -0.473. The van der Waals surface area contributed by atoms with Crippen molar-refractivity contribution in [1.82, 2.24) is 5.32 Å². The topological polar surface area (TPSA) is 64.6 Å². The number of carbonyl (C=O) groups excluding carboxylic acids is 2. The molecule has 0 aliphatic rings. The maximum Gasteiger partial charge on any atom is 0.407 e. The summed E-state index contributed by atoms with van der Waals surface area (Å²) in [6, 6.07) is 8.67. The van der Waals surface area contributed by atoms with Gasteiger partial charge in [-0.3, -0.25) is 0 Å². The van der Waals surface area contributed by atoms with Gasteiger partial charge in [0.15, 0.2) is 0 Å². The Morgan fingerprint density at radius 1 is 1.19 bits per heavy atom. The van der Waals surface area contributed by atoms with Crippen LogP contribution in [0.15, 0.2) is 30.3 Å². The molecule has 1 atom stereocenters. The normalized spacial score (nSPS) is 12.4. The molecule has 116 valence electrons. The number of benzene rings is 1. The SMILES string of the molecule is CCOC(=O)N[C@H](Cc1ccccc1)C(=O)OC(C)(C)C. The van der Waals surface area contributed by atoms with Gasteiger partial charge < -0.3 is 14.8 Å². The van der Waals surface area contributed by atoms with Gasteiger partial charge in [-0.25, -0.2) is 9.59 Å². The zero-order chi connectivity index (χ0) is 15.9. The van der Waals surface area contributed by atoms with Crippen LogP contribution < -0.4 is 5.32 Å². The standard InChI is InChI=1S/C16H23NO4/c1-5-20-15(19)17-13(14(18)21-16(2,3)4)11-12-9-7-6-8-10-12/h6-10,13H,5,11H2,1-4H3,(H,17,19)/t13-/m1/s1. The molecule has 21 heavy (non-hydrogen) atoms. The molecule has 0 aromatic heterocycles. The summed E-state index contributed by atoms with van der Waals surface area (Å²) < 4.78 is 10.2. The Bertz CT molecular complexity index is 465. The molecule has 0 heterocycles. The number of ether oxygens (including phenoxy) is 2.